The molecule has 0 heterocycles. The Morgan fingerprint density at radius 3 is 2.29 bits per heavy atom. The Hall–Kier alpha value is 0.110. The summed E-state index contributed by atoms with van der Waals surface area (Å²) in [4.78, 5) is 0. The Balaban J connectivity index is 2.40. The van der Waals surface area contributed by atoms with Crippen molar-refractivity contribution in [3.8, 4) is 0 Å². The van der Waals surface area contributed by atoms with Crippen LogP contribution >= 0.6 is 0 Å². The average molecular weight is 217 g/mol. The first-order valence-corrected chi connectivity index (χ1v) is 6.92. The molecule has 0 spiro atoms. The summed E-state index contributed by atoms with van der Waals surface area (Å²) >= 11 is 0. The van der Waals surface area contributed by atoms with Crippen LogP contribution in [0.2, 0.25) is 0 Å². The topological polar surface area (TPSA) is 43.1 Å². The van der Waals surface area contributed by atoms with Gasteiger partial charge in [-0.25, -0.2) is 0 Å². The molecule has 2 unspecified atom stereocenters. The lowest BCUT2D eigenvalue weighted by Gasteiger charge is -2.27. The average Bonchev–Trinajstić information content (AvgIpc) is 2.53. The lowest BCUT2D eigenvalue weighted by molar-refractivity contribution is 0.342. The molecule has 2 N–H and O–H groups in total. The van der Waals surface area contributed by atoms with Gasteiger partial charge in [0.25, 0.3) is 0 Å². The van der Waals surface area contributed by atoms with Crippen molar-refractivity contribution in [1.29, 1.82) is 0 Å². The minimum atomic E-state index is -0.697. The molecule has 0 radical (unpaired) electrons. The lowest BCUT2D eigenvalue weighted by atomic mass is 9.89. The molecule has 0 amide bonds. The third-order valence-corrected chi connectivity index (χ3v) is 5.03. The Labute approximate surface area is 90.1 Å². The fourth-order valence-electron chi connectivity index (χ4n) is 1.71. The molecule has 0 aromatic rings. The molecule has 1 rings (SSSR count). The van der Waals surface area contributed by atoms with Gasteiger partial charge in [0.1, 0.15) is 0 Å². The summed E-state index contributed by atoms with van der Waals surface area (Å²) in [6.07, 6.45) is 4.79. The molecule has 84 valence electrons. The van der Waals surface area contributed by atoms with Crippen LogP contribution in [0, 0.1) is 5.41 Å². The van der Waals surface area contributed by atoms with Crippen LogP contribution in [0.3, 0.4) is 0 Å². The highest BCUT2D eigenvalue weighted by Gasteiger charge is 2.27. The number of rotatable bonds is 3. The Morgan fingerprint density at radius 2 is 1.86 bits per heavy atom. The van der Waals surface area contributed by atoms with E-state index in [9.17, 15) is 4.21 Å². The standard InChI is InChI=1S/C11H23NOS/c1-11(2,3)10(12)8-14(13)9-6-4-5-7-9/h9-10H,4-8,12H2,1-3H3. The van der Waals surface area contributed by atoms with Crippen LogP contribution in [0.4, 0.5) is 0 Å². The van der Waals surface area contributed by atoms with E-state index in [0.29, 0.717) is 11.0 Å². The molecule has 1 fully saturated rings. The molecule has 2 nitrogen and oxygen atoms in total. The van der Waals surface area contributed by atoms with E-state index in [1.807, 2.05) is 0 Å². The number of nitrogens with two attached hydrogens (primary N) is 1. The molecule has 0 saturated heterocycles. The van der Waals surface area contributed by atoms with Gasteiger partial charge in [-0.1, -0.05) is 33.6 Å². The third-order valence-electron chi connectivity index (χ3n) is 3.13. The van der Waals surface area contributed by atoms with Gasteiger partial charge in [-0.05, 0) is 18.3 Å². The molecular formula is C11H23NOS. The lowest BCUT2D eigenvalue weighted by Crippen LogP contribution is -2.41. The van der Waals surface area contributed by atoms with Crippen molar-refractivity contribution in [3.63, 3.8) is 0 Å². The van der Waals surface area contributed by atoms with Gasteiger partial charge < -0.3 is 5.73 Å². The summed E-state index contributed by atoms with van der Waals surface area (Å²) in [6.45, 7) is 6.34. The summed E-state index contributed by atoms with van der Waals surface area (Å²) in [5.41, 5.74) is 6.10. The summed E-state index contributed by atoms with van der Waals surface area (Å²) in [5, 5.41) is 0.434. The van der Waals surface area contributed by atoms with E-state index in [0.717, 1.165) is 12.8 Å². The largest absolute Gasteiger partial charge is 0.326 e. The minimum absolute atomic E-state index is 0.0592. The fourth-order valence-corrected chi connectivity index (χ4v) is 3.70. The molecule has 0 aliphatic heterocycles. The zero-order chi connectivity index (χ0) is 10.8. The van der Waals surface area contributed by atoms with E-state index in [4.69, 9.17) is 5.73 Å². The first kappa shape index (κ1) is 12.2. The van der Waals surface area contributed by atoms with Crippen molar-refractivity contribution in [2.45, 2.75) is 57.7 Å². The van der Waals surface area contributed by atoms with E-state index in [2.05, 4.69) is 20.8 Å². The SMILES string of the molecule is CC(C)(C)C(N)CS(=O)C1CCCC1. The van der Waals surface area contributed by atoms with Gasteiger partial charge in [0, 0.05) is 27.8 Å². The first-order chi connectivity index (χ1) is 6.41. The van der Waals surface area contributed by atoms with E-state index in [1.165, 1.54) is 12.8 Å². The van der Waals surface area contributed by atoms with E-state index in [-0.39, 0.29) is 11.5 Å². The molecular weight excluding hydrogens is 194 g/mol. The molecule has 0 aromatic heterocycles. The maximum absolute atomic E-state index is 11.9. The van der Waals surface area contributed by atoms with Gasteiger partial charge >= 0.3 is 0 Å². The van der Waals surface area contributed by atoms with Gasteiger partial charge in [0.05, 0.1) is 0 Å². The van der Waals surface area contributed by atoms with Gasteiger partial charge in [0.2, 0.25) is 0 Å². The van der Waals surface area contributed by atoms with Gasteiger partial charge in [-0.3, -0.25) is 4.21 Å². The predicted octanol–water partition coefficient (Wildman–Crippen LogP) is 2.05. The van der Waals surface area contributed by atoms with Gasteiger partial charge in [-0.15, -0.1) is 0 Å². The van der Waals surface area contributed by atoms with Crippen molar-refractivity contribution in [2.75, 3.05) is 5.75 Å². The van der Waals surface area contributed by atoms with Crippen LogP contribution < -0.4 is 5.73 Å². The van der Waals surface area contributed by atoms with Crippen molar-refractivity contribution in [1.82, 2.24) is 0 Å². The number of hydrogen-bond acceptors (Lipinski definition) is 2. The second kappa shape index (κ2) is 4.75. The van der Waals surface area contributed by atoms with E-state index < -0.39 is 10.8 Å². The van der Waals surface area contributed by atoms with Gasteiger partial charge in [0.15, 0.2) is 0 Å². The number of hydrogen-bond donors (Lipinski definition) is 1. The van der Waals surface area contributed by atoms with Crippen LogP contribution in [0.1, 0.15) is 46.5 Å². The highest BCUT2D eigenvalue weighted by molar-refractivity contribution is 7.85. The quantitative estimate of drug-likeness (QED) is 0.786. The first-order valence-electron chi connectivity index (χ1n) is 5.54. The maximum Gasteiger partial charge on any atom is 0.0394 e. The second-order valence-electron chi connectivity index (χ2n) is 5.43. The zero-order valence-electron chi connectivity index (χ0n) is 9.58. The van der Waals surface area contributed by atoms with Crippen LogP contribution in [-0.4, -0.2) is 21.3 Å². The minimum Gasteiger partial charge on any atom is -0.326 e. The van der Waals surface area contributed by atoms with Crippen molar-refractivity contribution in [3.05, 3.63) is 0 Å². The third kappa shape index (κ3) is 3.35. The van der Waals surface area contributed by atoms with Crippen LogP contribution in [-0.2, 0) is 10.8 Å². The molecule has 0 bridgehead atoms. The molecule has 1 aliphatic rings. The van der Waals surface area contributed by atoms with Crippen LogP contribution in [0.25, 0.3) is 0 Å². The smallest absolute Gasteiger partial charge is 0.0394 e. The summed E-state index contributed by atoms with van der Waals surface area (Å²) in [5.74, 6) is 0.675. The summed E-state index contributed by atoms with van der Waals surface area (Å²) < 4.78 is 11.9. The highest BCUT2D eigenvalue weighted by atomic mass is 32.2. The zero-order valence-corrected chi connectivity index (χ0v) is 10.4. The molecule has 3 heteroatoms. The molecule has 2 atom stereocenters. The Kier molecular flexibility index (Phi) is 4.14. The molecule has 1 aliphatic carbocycles. The normalized spacial score (nSPS) is 23.7. The van der Waals surface area contributed by atoms with Crippen LogP contribution in [0.5, 0.6) is 0 Å². The Morgan fingerprint density at radius 1 is 1.36 bits per heavy atom. The Bertz CT molecular complexity index is 204. The van der Waals surface area contributed by atoms with E-state index in [1.54, 1.807) is 0 Å². The van der Waals surface area contributed by atoms with Crippen molar-refractivity contribution >= 4 is 10.8 Å². The predicted molar refractivity (Wildman–Crippen MR) is 62.7 cm³/mol. The van der Waals surface area contributed by atoms with Gasteiger partial charge in [-0.2, -0.15) is 0 Å². The molecule has 1 saturated carbocycles. The van der Waals surface area contributed by atoms with Crippen LogP contribution in [0.15, 0.2) is 0 Å². The second-order valence-corrected chi connectivity index (χ2v) is 7.19. The van der Waals surface area contributed by atoms with E-state index >= 15 is 0 Å². The summed E-state index contributed by atoms with van der Waals surface area (Å²) in [6, 6.07) is 0.0592. The highest BCUT2D eigenvalue weighted by Crippen LogP contribution is 2.25. The molecule has 0 aromatic carbocycles. The molecule has 14 heavy (non-hydrogen) atoms. The van der Waals surface area contributed by atoms with Crippen molar-refractivity contribution in [2.24, 2.45) is 11.1 Å². The fraction of sp³-hybridized carbons (Fsp3) is 1.00. The summed E-state index contributed by atoms with van der Waals surface area (Å²) in [7, 11) is -0.697. The maximum atomic E-state index is 11.9. The monoisotopic (exact) mass is 217 g/mol. The van der Waals surface area contributed by atoms with Crippen molar-refractivity contribution < 1.29 is 4.21 Å².